The van der Waals surface area contributed by atoms with Crippen molar-refractivity contribution in [2.75, 3.05) is 6.54 Å². The highest BCUT2D eigenvalue weighted by Gasteiger charge is 2.13. The predicted octanol–water partition coefficient (Wildman–Crippen LogP) is 3.18. The van der Waals surface area contributed by atoms with Gasteiger partial charge in [-0.05, 0) is 30.3 Å². The molecule has 0 saturated carbocycles. The monoisotopic (exact) mass is 286 g/mol. The first kappa shape index (κ1) is 13.1. The normalized spacial score (nSPS) is 11.1. The third-order valence-electron chi connectivity index (χ3n) is 3.20. The first-order chi connectivity index (χ1) is 9.81. The van der Waals surface area contributed by atoms with Crippen LogP contribution in [0.25, 0.3) is 16.7 Å². The molecule has 0 amide bonds. The lowest BCUT2D eigenvalue weighted by Gasteiger charge is -2.12. The molecule has 1 heterocycles. The summed E-state index contributed by atoms with van der Waals surface area (Å²) in [6, 6.07) is 13.8. The molecule has 0 fully saturated rings. The largest absolute Gasteiger partial charge is 0.313 e. The van der Waals surface area contributed by atoms with Crippen LogP contribution in [0.1, 0.15) is 12.5 Å². The maximum absolute atomic E-state index is 6.38. The second-order valence-electron chi connectivity index (χ2n) is 4.52. The van der Waals surface area contributed by atoms with Crippen molar-refractivity contribution in [3.05, 3.63) is 53.1 Å². The van der Waals surface area contributed by atoms with Crippen LogP contribution in [0, 0.1) is 0 Å². The quantitative estimate of drug-likeness (QED) is 0.801. The molecule has 20 heavy (non-hydrogen) atoms. The number of benzene rings is 2. The summed E-state index contributed by atoms with van der Waals surface area (Å²) in [7, 11) is 0. The molecule has 3 aromatic rings. The van der Waals surface area contributed by atoms with Crippen molar-refractivity contribution >= 4 is 22.6 Å². The third-order valence-corrected chi connectivity index (χ3v) is 3.50. The molecule has 0 bridgehead atoms. The summed E-state index contributed by atoms with van der Waals surface area (Å²) in [6.07, 6.45) is 0. The molecule has 1 N–H and O–H groups in total. The van der Waals surface area contributed by atoms with Gasteiger partial charge >= 0.3 is 0 Å². The Balaban J connectivity index is 2.18. The number of para-hydroxylation sites is 2. The van der Waals surface area contributed by atoms with Gasteiger partial charge in [-0.15, -0.1) is 5.10 Å². The van der Waals surface area contributed by atoms with Crippen molar-refractivity contribution in [2.24, 2.45) is 0 Å². The molecule has 0 aliphatic rings. The average molecular weight is 287 g/mol. The minimum Gasteiger partial charge on any atom is -0.313 e. The van der Waals surface area contributed by atoms with Crippen LogP contribution in [-0.2, 0) is 6.54 Å². The Hall–Kier alpha value is -1.91. The fourth-order valence-electron chi connectivity index (χ4n) is 2.23. The first-order valence-corrected chi connectivity index (χ1v) is 6.98. The van der Waals surface area contributed by atoms with Crippen LogP contribution in [0.3, 0.4) is 0 Å². The summed E-state index contributed by atoms with van der Waals surface area (Å²) in [5.41, 5.74) is 3.82. The molecule has 0 atom stereocenters. The van der Waals surface area contributed by atoms with Gasteiger partial charge in [0, 0.05) is 6.54 Å². The smallest absolute Gasteiger partial charge is 0.113 e. The molecule has 0 spiro atoms. The Morgan fingerprint density at radius 1 is 1.15 bits per heavy atom. The molecule has 102 valence electrons. The van der Waals surface area contributed by atoms with Crippen molar-refractivity contribution in [2.45, 2.75) is 13.5 Å². The van der Waals surface area contributed by atoms with E-state index in [1.165, 1.54) is 0 Å². The van der Waals surface area contributed by atoms with Crippen molar-refractivity contribution in [3.63, 3.8) is 0 Å². The van der Waals surface area contributed by atoms with E-state index in [0.29, 0.717) is 5.02 Å². The van der Waals surface area contributed by atoms with Gasteiger partial charge in [0.15, 0.2) is 0 Å². The zero-order valence-corrected chi connectivity index (χ0v) is 11.9. The van der Waals surface area contributed by atoms with Crippen LogP contribution < -0.4 is 5.32 Å². The highest BCUT2D eigenvalue weighted by molar-refractivity contribution is 6.32. The third kappa shape index (κ3) is 2.28. The molecular weight excluding hydrogens is 272 g/mol. The lowest BCUT2D eigenvalue weighted by molar-refractivity contribution is 0.714. The molecule has 0 saturated heterocycles. The van der Waals surface area contributed by atoms with Crippen molar-refractivity contribution in [3.8, 4) is 5.69 Å². The van der Waals surface area contributed by atoms with Gasteiger partial charge in [0.2, 0.25) is 0 Å². The standard InChI is InChI=1S/C15H15ClN4/c1-2-17-10-11-6-5-7-12(16)15(11)20-14-9-4-3-8-13(14)18-19-20/h3-9,17H,2,10H2,1H3. The number of aromatic nitrogens is 3. The van der Waals surface area contributed by atoms with E-state index in [4.69, 9.17) is 11.6 Å². The van der Waals surface area contributed by atoms with E-state index >= 15 is 0 Å². The molecule has 5 heteroatoms. The number of nitrogens with one attached hydrogen (secondary N) is 1. The molecule has 0 aliphatic carbocycles. The second-order valence-corrected chi connectivity index (χ2v) is 4.93. The Morgan fingerprint density at radius 3 is 2.85 bits per heavy atom. The summed E-state index contributed by atoms with van der Waals surface area (Å²) in [4.78, 5) is 0. The van der Waals surface area contributed by atoms with E-state index in [9.17, 15) is 0 Å². The summed E-state index contributed by atoms with van der Waals surface area (Å²) in [5, 5.41) is 12.4. The minimum atomic E-state index is 0.677. The number of hydrogen-bond donors (Lipinski definition) is 1. The Kier molecular flexibility index (Phi) is 3.67. The van der Waals surface area contributed by atoms with Gasteiger partial charge < -0.3 is 5.32 Å². The molecule has 4 nitrogen and oxygen atoms in total. The van der Waals surface area contributed by atoms with E-state index in [1.807, 2.05) is 41.1 Å². The Morgan fingerprint density at radius 2 is 2.00 bits per heavy atom. The van der Waals surface area contributed by atoms with Gasteiger partial charge in [-0.3, -0.25) is 0 Å². The molecule has 3 rings (SSSR count). The number of nitrogens with zero attached hydrogens (tertiary/aromatic N) is 3. The molecule has 0 radical (unpaired) electrons. The van der Waals surface area contributed by atoms with Crippen LogP contribution in [0.2, 0.25) is 5.02 Å². The van der Waals surface area contributed by atoms with Crippen molar-refractivity contribution in [1.29, 1.82) is 0 Å². The summed E-state index contributed by atoms with van der Waals surface area (Å²) in [5.74, 6) is 0. The van der Waals surface area contributed by atoms with Gasteiger partial charge in [0.1, 0.15) is 5.52 Å². The number of rotatable bonds is 4. The van der Waals surface area contributed by atoms with E-state index in [2.05, 4.69) is 28.6 Å². The SMILES string of the molecule is CCNCc1cccc(Cl)c1-n1nnc2ccccc21. The fourth-order valence-corrected chi connectivity index (χ4v) is 2.51. The second kappa shape index (κ2) is 5.61. The highest BCUT2D eigenvalue weighted by atomic mass is 35.5. The Labute approximate surface area is 122 Å². The summed E-state index contributed by atoms with van der Waals surface area (Å²) >= 11 is 6.38. The van der Waals surface area contributed by atoms with Crippen molar-refractivity contribution in [1.82, 2.24) is 20.3 Å². The minimum absolute atomic E-state index is 0.677. The zero-order valence-electron chi connectivity index (χ0n) is 11.2. The fraction of sp³-hybridized carbons (Fsp3) is 0.200. The van der Waals surface area contributed by atoms with Crippen LogP contribution in [-0.4, -0.2) is 21.5 Å². The van der Waals surface area contributed by atoms with Crippen LogP contribution >= 0.6 is 11.6 Å². The number of fused-ring (bicyclic) bond motifs is 1. The van der Waals surface area contributed by atoms with Gasteiger partial charge in [-0.1, -0.05) is 48.0 Å². The van der Waals surface area contributed by atoms with Gasteiger partial charge in [0.25, 0.3) is 0 Å². The van der Waals surface area contributed by atoms with Crippen LogP contribution in [0.15, 0.2) is 42.5 Å². The molecular formula is C15H15ClN4. The number of hydrogen-bond acceptors (Lipinski definition) is 3. The number of halogens is 1. The zero-order chi connectivity index (χ0) is 13.9. The summed E-state index contributed by atoms with van der Waals surface area (Å²) in [6.45, 7) is 3.74. The molecule has 1 aromatic heterocycles. The van der Waals surface area contributed by atoms with Crippen LogP contribution in [0.4, 0.5) is 0 Å². The lowest BCUT2D eigenvalue weighted by Crippen LogP contribution is -2.14. The van der Waals surface area contributed by atoms with E-state index in [1.54, 1.807) is 0 Å². The average Bonchev–Trinajstić information content (AvgIpc) is 2.89. The maximum Gasteiger partial charge on any atom is 0.113 e. The first-order valence-electron chi connectivity index (χ1n) is 6.60. The van der Waals surface area contributed by atoms with Gasteiger partial charge in [-0.2, -0.15) is 0 Å². The highest BCUT2D eigenvalue weighted by Crippen LogP contribution is 2.26. The predicted molar refractivity (Wildman–Crippen MR) is 81.3 cm³/mol. The van der Waals surface area contributed by atoms with E-state index < -0.39 is 0 Å². The van der Waals surface area contributed by atoms with Gasteiger partial charge in [-0.25, -0.2) is 4.68 Å². The molecule has 0 unspecified atom stereocenters. The Bertz CT molecular complexity index is 736. The topological polar surface area (TPSA) is 42.7 Å². The molecule has 2 aromatic carbocycles. The maximum atomic E-state index is 6.38. The molecule has 0 aliphatic heterocycles. The van der Waals surface area contributed by atoms with Crippen molar-refractivity contribution < 1.29 is 0 Å². The van der Waals surface area contributed by atoms with Crippen LogP contribution in [0.5, 0.6) is 0 Å². The van der Waals surface area contributed by atoms with E-state index in [0.717, 1.165) is 35.4 Å². The lowest BCUT2D eigenvalue weighted by atomic mass is 10.1. The summed E-state index contributed by atoms with van der Waals surface area (Å²) < 4.78 is 1.81. The van der Waals surface area contributed by atoms with Gasteiger partial charge in [0.05, 0.1) is 16.2 Å². The van der Waals surface area contributed by atoms with E-state index in [-0.39, 0.29) is 0 Å².